The summed E-state index contributed by atoms with van der Waals surface area (Å²) in [6.45, 7) is 5.89. The summed E-state index contributed by atoms with van der Waals surface area (Å²) >= 11 is 0. The van der Waals surface area contributed by atoms with Gasteiger partial charge in [0.1, 0.15) is 0 Å². The van der Waals surface area contributed by atoms with Crippen LogP contribution in [0, 0.1) is 6.92 Å². The van der Waals surface area contributed by atoms with E-state index < -0.39 is 11.6 Å². The first-order chi connectivity index (χ1) is 13.4. The Morgan fingerprint density at radius 3 is 2.57 bits per heavy atom. The van der Waals surface area contributed by atoms with Gasteiger partial charge in [-0.3, -0.25) is 4.98 Å². The van der Waals surface area contributed by atoms with Crippen molar-refractivity contribution in [3.8, 4) is 11.3 Å². The zero-order valence-electron chi connectivity index (χ0n) is 16.7. The van der Waals surface area contributed by atoms with Crippen molar-refractivity contribution in [3.63, 3.8) is 0 Å². The number of fused-ring (bicyclic) bond motifs is 1. The number of carbonyl (C=O) groups is 1. The van der Waals surface area contributed by atoms with Gasteiger partial charge >= 0.3 is 5.97 Å². The van der Waals surface area contributed by atoms with Gasteiger partial charge in [0, 0.05) is 17.4 Å². The molecule has 0 fully saturated rings. The molecule has 1 unspecified atom stereocenters. The fourth-order valence-electron chi connectivity index (χ4n) is 3.14. The van der Waals surface area contributed by atoms with Crippen LogP contribution >= 0.6 is 0 Å². The molecule has 4 heteroatoms. The molecule has 1 N–H and O–H groups in total. The molecule has 4 nitrogen and oxygen atoms in total. The monoisotopic (exact) mass is 377 g/mol. The second-order valence-electron chi connectivity index (χ2n) is 7.48. The van der Waals surface area contributed by atoms with Crippen molar-refractivity contribution in [2.24, 2.45) is 0 Å². The average molecular weight is 377 g/mol. The maximum Gasteiger partial charge on any atom is 0.338 e. The van der Waals surface area contributed by atoms with Crippen molar-refractivity contribution < 1.29 is 14.6 Å². The zero-order valence-corrected chi connectivity index (χ0v) is 16.7. The number of aliphatic hydroxyl groups is 1. The number of hydrogen-bond donors (Lipinski definition) is 1. The van der Waals surface area contributed by atoms with Gasteiger partial charge in [-0.2, -0.15) is 0 Å². The number of carbonyl (C=O) groups excluding carboxylic acids is 1. The van der Waals surface area contributed by atoms with Crippen LogP contribution in [0.15, 0.2) is 54.6 Å². The van der Waals surface area contributed by atoms with Gasteiger partial charge < -0.3 is 9.84 Å². The summed E-state index contributed by atoms with van der Waals surface area (Å²) < 4.78 is 5.24. The Morgan fingerprint density at radius 1 is 1.14 bits per heavy atom. The van der Waals surface area contributed by atoms with Gasteiger partial charge in [-0.25, -0.2) is 4.79 Å². The van der Waals surface area contributed by atoms with Crippen molar-refractivity contribution in [1.82, 2.24) is 4.98 Å². The van der Waals surface area contributed by atoms with Gasteiger partial charge in [-0.1, -0.05) is 67.4 Å². The van der Waals surface area contributed by atoms with Crippen molar-refractivity contribution in [2.75, 3.05) is 6.61 Å². The lowest BCUT2D eigenvalue weighted by atomic mass is 9.95. The van der Waals surface area contributed by atoms with E-state index in [1.54, 1.807) is 0 Å². The van der Waals surface area contributed by atoms with E-state index in [1.165, 1.54) is 12.5 Å². The van der Waals surface area contributed by atoms with Crippen molar-refractivity contribution in [1.29, 1.82) is 0 Å². The predicted molar refractivity (Wildman–Crippen MR) is 112 cm³/mol. The third-order valence-corrected chi connectivity index (χ3v) is 4.85. The molecule has 146 valence electrons. The molecule has 0 aliphatic carbocycles. The maximum atomic E-state index is 12.4. The number of esters is 1. The molecule has 28 heavy (non-hydrogen) atoms. The molecule has 0 radical (unpaired) electrons. The fraction of sp³-hybridized carbons (Fsp3) is 0.333. The number of benzene rings is 2. The van der Waals surface area contributed by atoms with Crippen molar-refractivity contribution >= 4 is 16.7 Å². The molecule has 1 heterocycles. The van der Waals surface area contributed by atoms with Gasteiger partial charge in [0.25, 0.3) is 0 Å². The molecule has 0 spiro atoms. The molecule has 0 amide bonds. The quantitative estimate of drug-likeness (QED) is 0.472. The van der Waals surface area contributed by atoms with Crippen LogP contribution < -0.4 is 0 Å². The van der Waals surface area contributed by atoms with E-state index in [9.17, 15) is 9.90 Å². The summed E-state index contributed by atoms with van der Waals surface area (Å²) in [5, 5.41) is 12.7. The Morgan fingerprint density at radius 2 is 1.86 bits per heavy atom. The number of hydrogen-bond acceptors (Lipinski definition) is 4. The maximum absolute atomic E-state index is 12.4. The molecule has 0 aliphatic heterocycles. The summed E-state index contributed by atoms with van der Waals surface area (Å²) in [4.78, 5) is 17.2. The lowest BCUT2D eigenvalue weighted by Gasteiger charge is -2.22. The van der Waals surface area contributed by atoms with E-state index in [-0.39, 0.29) is 6.42 Å². The van der Waals surface area contributed by atoms with Crippen LogP contribution in [0.4, 0.5) is 0 Å². The number of rotatable bonds is 7. The Balaban J connectivity index is 1.97. The standard InChI is InChI=1S/C24H27NO3/c1-4-5-14-28-23(26)24(3,27)16-22-20-9-7-6-8-19(20)15-21(25-22)18-12-10-17(2)11-13-18/h6-13,15,27H,4-5,14,16H2,1-3H3. The predicted octanol–water partition coefficient (Wildman–Crippen LogP) is 4.85. The van der Waals surface area contributed by atoms with Gasteiger partial charge in [0.15, 0.2) is 5.60 Å². The second kappa shape index (κ2) is 8.53. The smallest absolute Gasteiger partial charge is 0.338 e. The van der Waals surface area contributed by atoms with Gasteiger partial charge in [0.2, 0.25) is 0 Å². The third kappa shape index (κ3) is 4.57. The number of aryl methyl sites for hydroxylation is 1. The van der Waals surface area contributed by atoms with Crippen LogP contribution in [0.3, 0.4) is 0 Å². The van der Waals surface area contributed by atoms with Crippen LogP contribution in [0.25, 0.3) is 22.0 Å². The number of nitrogens with zero attached hydrogens (tertiary/aromatic N) is 1. The molecule has 3 rings (SSSR count). The third-order valence-electron chi connectivity index (χ3n) is 4.85. The fourth-order valence-corrected chi connectivity index (χ4v) is 3.14. The summed E-state index contributed by atoms with van der Waals surface area (Å²) in [6, 6.07) is 18.1. The molecule has 0 bridgehead atoms. The molecule has 0 saturated heterocycles. The van der Waals surface area contributed by atoms with Gasteiger partial charge in [-0.15, -0.1) is 0 Å². The van der Waals surface area contributed by atoms with Crippen molar-refractivity contribution in [2.45, 2.75) is 45.6 Å². The Bertz CT molecular complexity index is 961. The van der Waals surface area contributed by atoms with Crippen LogP contribution in [0.1, 0.15) is 37.9 Å². The second-order valence-corrected chi connectivity index (χ2v) is 7.48. The lowest BCUT2D eigenvalue weighted by molar-refractivity contribution is -0.163. The first-order valence-corrected chi connectivity index (χ1v) is 9.76. The minimum absolute atomic E-state index is 0.0954. The van der Waals surface area contributed by atoms with E-state index in [1.807, 2.05) is 68.4 Å². The van der Waals surface area contributed by atoms with E-state index in [4.69, 9.17) is 9.72 Å². The molecule has 0 aliphatic rings. The Hall–Kier alpha value is -2.72. The molecule has 0 saturated carbocycles. The highest BCUT2D eigenvalue weighted by Gasteiger charge is 2.33. The van der Waals surface area contributed by atoms with E-state index in [0.29, 0.717) is 12.3 Å². The first-order valence-electron chi connectivity index (χ1n) is 9.76. The van der Waals surface area contributed by atoms with Crippen LogP contribution in [-0.2, 0) is 16.0 Å². The Kier molecular flexibility index (Phi) is 6.10. The zero-order chi connectivity index (χ0) is 20.1. The summed E-state index contributed by atoms with van der Waals surface area (Å²) in [5.74, 6) is -0.604. The van der Waals surface area contributed by atoms with Gasteiger partial charge in [0.05, 0.1) is 18.0 Å². The summed E-state index contributed by atoms with van der Waals surface area (Å²) in [5.41, 5.74) is 2.07. The summed E-state index contributed by atoms with van der Waals surface area (Å²) in [7, 11) is 0. The van der Waals surface area contributed by atoms with Gasteiger partial charge in [-0.05, 0) is 31.7 Å². The summed E-state index contributed by atoms with van der Waals surface area (Å²) in [6.07, 6.45) is 1.81. The molecule has 3 aromatic rings. The van der Waals surface area contributed by atoms with Crippen LogP contribution in [0.2, 0.25) is 0 Å². The minimum atomic E-state index is -1.63. The highest BCUT2D eigenvalue weighted by molar-refractivity contribution is 5.89. The number of ether oxygens (including phenoxy) is 1. The lowest BCUT2D eigenvalue weighted by Crippen LogP contribution is -2.39. The highest BCUT2D eigenvalue weighted by atomic mass is 16.5. The molecular formula is C24H27NO3. The Labute approximate surface area is 166 Å². The first kappa shape index (κ1) is 20.0. The van der Waals surface area contributed by atoms with Crippen LogP contribution in [0.5, 0.6) is 0 Å². The highest BCUT2D eigenvalue weighted by Crippen LogP contribution is 2.27. The van der Waals surface area contributed by atoms with E-state index >= 15 is 0 Å². The number of aromatic nitrogens is 1. The largest absolute Gasteiger partial charge is 0.464 e. The SMILES string of the molecule is CCCCOC(=O)C(C)(O)Cc1nc(-c2ccc(C)cc2)cc2ccccc12. The molecule has 2 aromatic carbocycles. The number of pyridine rings is 1. The molecule has 1 aromatic heterocycles. The average Bonchev–Trinajstić information content (AvgIpc) is 2.68. The van der Waals surface area contributed by atoms with Crippen LogP contribution in [-0.4, -0.2) is 28.3 Å². The molecule has 1 atom stereocenters. The van der Waals surface area contributed by atoms with E-state index in [2.05, 4.69) is 0 Å². The van der Waals surface area contributed by atoms with E-state index in [0.717, 1.165) is 34.9 Å². The number of unbranched alkanes of at least 4 members (excludes halogenated alkanes) is 1. The normalized spacial score (nSPS) is 13.3. The molecular weight excluding hydrogens is 350 g/mol. The van der Waals surface area contributed by atoms with Crippen molar-refractivity contribution in [3.05, 3.63) is 65.9 Å². The minimum Gasteiger partial charge on any atom is -0.464 e. The topological polar surface area (TPSA) is 59.4 Å².